The van der Waals surface area contributed by atoms with E-state index in [0.717, 1.165) is 0 Å². The SMILES string of the molecule is COc1cc(NC(=O)c2nc(N)ccc2Cl)cc(OC)c1. The van der Waals surface area contributed by atoms with Crippen LogP contribution in [0.25, 0.3) is 0 Å². The molecule has 0 unspecified atom stereocenters. The van der Waals surface area contributed by atoms with E-state index >= 15 is 0 Å². The highest BCUT2D eigenvalue weighted by molar-refractivity contribution is 6.34. The third kappa shape index (κ3) is 3.55. The number of nitrogen functional groups attached to an aromatic ring is 1. The van der Waals surface area contributed by atoms with Gasteiger partial charge >= 0.3 is 0 Å². The summed E-state index contributed by atoms with van der Waals surface area (Å²) in [5, 5.41) is 2.89. The normalized spacial score (nSPS) is 10.0. The molecule has 0 aliphatic rings. The third-order valence-corrected chi connectivity index (χ3v) is 3.00. The first-order chi connectivity index (χ1) is 10.0. The van der Waals surface area contributed by atoms with Gasteiger partial charge in [-0.2, -0.15) is 0 Å². The van der Waals surface area contributed by atoms with Gasteiger partial charge in [0.25, 0.3) is 5.91 Å². The number of carbonyl (C=O) groups is 1. The van der Waals surface area contributed by atoms with Gasteiger partial charge in [-0.15, -0.1) is 0 Å². The maximum absolute atomic E-state index is 12.2. The molecule has 3 N–H and O–H groups in total. The Labute approximate surface area is 126 Å². The summed E-state index contributed by atoms with van der Waals surface area (Å²) in [4.78, 5) is 16.1. The number of rotatable bonds is 4. The molecule has 1 aromatic heterocycles. The standard InChI is InChI=1S/C14H14ClN3O3/c1-20-9-5-8(6-10(7-9)21-2)17-14(19)13-11(15)3-4-12(16)18-13/h3-7H,1-2H3,(H2,16,18)(H,17,19). The molecule has 21 heavy (non-hydrogen) atoms. The molecule has 1 aromatic carbocycles. The van der Waals surface area contributed by atoms with Crippen LogP contribution in [0.4, 0.5) is 11.5 Å². The van der Waals surface area contributed by atoms with Crippen LogP contribution < -0.4 is 20.5 Å². The van der Waals surface area contributed by atoms with Crippen LogP contribution in [-0.4, -0.2) is 25.1 Å². The Morgan fingerprint density at radius 1 is 1.19 bits per heavy atom. The van der Waals surface area contributed by atoms with Gasteiger partial charge in [0, 0.05) is 23.9 Å². The van der Waals surface area contributed by atoms with Crippen molar-refractivity contribution in [3.8, 4) is 11.5 Å². The van der Waals surface area contributed by atoms with E-state index in [0.29, 0.717) is 17.2 Å². The van der Waals surface area contributed by atoms with Crippen LogP contribution in [0.2, 0.25) is 5.02 Å². The molecule has 7 heteroatoms. The molecule has 0 saturated heterocycles. The fourth-order valence-corrected chi connectivity index (χ4v) is 1.88. The highest BCUT2D eigenvalue weighted by Crippen LogP contribution is 2.26. The predicted molar refractivity (Wildman–Crippen MR) is 81.2 cm³/mol. The van der Waals surface area contributed by atoms with Crippen molar-refractivity contribution in [1.82, 2.24) is 4.98 Å². The van der Waals surface area contributed by atoms with Crippen molar-refractivity contribution in [1.29, 1.82) is 0 Å². The second kappa shape index (κ2) is 6.32. The zero-order valence-electron chi connectivity index (χ0n) is 11.5. The molecule has 110 valence electrons. The minimum absolute atomic E-state index is 0.0541. The van der Waals surface area contributed by atoms with E-state index < -0.39 is 5.91 Å². The highest BCUT2D eigenvalue weighted by Gasteiger charge is 2.14. The van der Waals surface area contributed by atoms with Gasteiger partial charge in [-0.1, -0.05) is 11.6 Å². The van der Waals surface area contributed by atoms with Crippen molar-refractivity contribution in [2.45, 2.75) is 0 Å². The van der Waals surface area contributed by atoms with Crippen molar-refractivity contribution >= 4 is 29.0 Å². The minimum atomic E-state index is -0.470. The first-order valence-corrected chi connectivity index (χ1v) is 6.37. The molecule has 0 aliphatic heterocycles. The van der Waals surface area contributed by atoms with Gasteiger partial charge in [-0.05, 0) is 12.1 Å². The summed E-state index contributed by atoms with van der Waals surface area (Å²) in [7, 11) is 3.05. The van der Waals surface area contributed by atoms with Crippen LogP contribution in [0.15, 0.2) is 30.3 Å². The summed E-state index contributed by atoms with van der Waals surface area (Å²) in [5.41, 5.74) is 6.11. The average molecular weight is 308 g/mol. The molecular formula is C14H14ClN3O3. The van der Waals surface area contributed by atoms with Gasteiger partial charge < -0.3 is 20.5 Å². The third-order valence-electron chi connectivity index (χ3n) is 2.69. The van der Waals surface area contributed by atoms with Crippen molar-refractivity contribution < 1.29 is 14.3 Å². The van der Waals surface area contributed by atoms with Crippen molar-refractivity contribution in [3.05, 3.63) is 41.0 Å². The van der Waals surface area contributed by atoms with E-state index in [1.54, 1.807) is 18.2 Å². The number of anilines is 2. The molecule has 0 aliphatic carbocycles. The Morgan fingerprint density at radius 3 is 2.38 bits per heavy atom. The van der Waals surface area contributed by atoms with E-state index in [9.17, 15) is 4.79 Å². The highest BCUT2D eigenvalue weighted by atomic mass is 35.5. The molecule has 0 fully saturated rings. The number of methoxy groups -OCH3 is 2. The molecule has 0 bridgehead atoms. The number of amides is 1. The largest absolute Gasteiger partial charge is 0.497 e. The molecule has 0 saturated carbocycles. The predicted octanol–water partition coefficient (Wildman–Crippen LogP) is 2.59. The fourth-order valence-electron chi connectivity index (χ4n) is 1.69. The summed E-state index contributed by atoms with van der Waals surface area (Å²) >= 11 is 5.95. The van der Waals surface area contributed by atoms with Gasteiger partial charge in [0.2, 0.25) is 0 Å². The average Bonchev–Trinajstić information content (AvgIpc) is 2.49. The van der Waals surface area contributed by atoms with Crippen molar-refractivity contribution in [2.24, 2.45) is 0 Å². The van der Waals surface area contributed by atoms with E-state index in [4.69, 9.17) is 26.8 Å². The number of halogens is 1. The number of hydrogen-bond donors (Lipinski definition) is 2. The second-order valence-electron chi connectivity index (χ2n) is 4.12. The summed E-state index contributed by atoms with van der Waals surface area (Å²) in [6.45, 7) is 0. The topological polar surface area (TPSA) is 86.5 Å². The minimum Gasteiger partial charge on any atom is -0.497 e. The Balaban J connectivity index is 2.28. The molecule has 1 amide bonds. The number of hydrogen-bond acceptors (Lipinski definition) is 5. The molecule has 0 radical (unpaired) electrons. The van der Waals surface area contributed by atoms with Gasteiger partial charge in [-0.25, -0.2) is 4.98 Å². The quantitative estimate of drug-likeness (QED) is 0.906. The van der Waals surface area contributed by atoms with E-state index in [2.05, 4.69) is 10.3 Å². The number of ether oxygens (including phenoxy) is 2. The Hall–Kier alpha value is -2.47. The Bertz CT molecular complexity index is 654. The maximum Gasteiger partial charge on any atom is 0.275 e. The second-order valence-corrected chi connectivity index (χ2v) is 4.53. The van der Waals surface area contributed by atoms with Crippen LogP contribution in [0, 0.1) is 0 Å². The summed E-state index contributed by atoms with van der Waals surface area (Å²) in [5.74, 6) is 0.850. The Kier molecular flexibility index (Phi) is 4.49. The van der Waals surface area contributed by atoms with E-state index in [1.807, 2.05) is 0 Å². The molecule has 2 rings (SSSR count). The van der Waals surface area contributed by atoms with Crippen LogP contribution in [0.1, 0.15) is 10.5 Å². The molecule has 0 spiro atoms. The lowest BCUT2D eigenvalue weighted by Crippen LogP contribution is -2.15. The number of carbonyl (C=O) groups excluding carboxylic acids is 1. The molecular weight excluding hydrogens is 294 g/mol. The number of benzene rings is 1. The van der Waals surface area contributed by atoms with Crippen LogP contribution in [0.5, 0.6) is 11.5 Å². The molecule has 0 atom stereocenters. The number of pyridine rings is 1. The summed E-state index contributed by atoms with van der Waals surface area (Å²) in [6, 6.07) is 8.04. The van der Waals surface area contributed by atoms with Gasteiger partial charge in [0.15, 0.2) is 0 Å². The number of nitrogens with one attached hydrogen (secondary N) is 1. The van der Waals surface area contributed by atoms with Gasteiger partial charge in [0.05, 0.1) is 19.2 Å². The van der Waals surface area contributed by atoms with Crippen LogP contribution >= 0.6 is 11.6 Å². The zero-order valence-corrected chi connectivity index (χ0v) is 12.3. The lowest BCUT2D eigenvalue weighted by Gasteiger charge is -2.10. The van der Waals surface area contributed by atoms with Crippen LogP contribution in [-0.2, 0) is 0 Å². The summed E-state index contributed by atoms with van der Waals surface area (Å²) < 4.78 is 10.3. The summed E-state index contributed by atoms with van der Waals surface area (Å²) in [6.07, 6.45) is 0. The smallest absolute Gasteiger partial charge is 0.275 e. The maximum atomic E-state index is 12.2. The number of nitrogens with zero attached hydrogens (tertiary/aromatic N) is 1. The number of nitrogens with two attached hydrogens (primary N) is 1. The number of aromatic nitrogens is 1. The van der Waals surface area contributed by atoms with Gasteiger partial charge in [-0.3, -0.25) is 4.79 Å². The zero-order chi connectivity index (χ0) is 15.4. The monoisotopic (exact) mass is 307 g/mol. The van der Waals surface area contributed by atoms with E-state index in [-0.39, 0.29) is 16.5 Å². The first-order valence-electron chi connectivity index (χ1n) is 6.00. The molecule has 6 nitrogen and oxygen atoms in total. The van der Waals surface area contributed by atoms with Crippen molar-refractivity contribution in [2.75, 3.05) is 25.3 Å². The molecule has 2 aromatic rings. The van der Waals surface area contributed by atoms with Crippen molar-refractivity contribution in [3.63, 3.8) is 0 Å². The Morgan fingerprint density at radius 2 is 1.81 bits per heavy atom. The fraction of sp³-hybridized carbons (Fsp3) is 0.143. The van der Waals surface area contributed by atoms with E-state index in [1.165, 1.54) is 26.4 Å². The first kappa shape index (κ1) is 14.9. The molecule has 1 heterocycles. The lowest BCUT2D eigenvalue weighted by atomic mass is 10.2. The van der Waals surface area contributed by atoms with Gasteiger partial charge in [0.1, 0.15) is 23.0 Å². The van der Waals surface area contributed by atoms with Crippen LogP contribution in [0.3, 0.4) is 0 Å². The lowest BCUT2D eigenvalue weighted by molar-refractivity contribution is 0.102.